The first-order chi connectivity index (χ1) is 8.57. The van der Waals surface area contributed by atoms with Crippen LogP contribution in [0.1, 0.15) is 24.2 Å². The van der Waals surface area contributed by atoms with Crippen LogP contribution in [-0.2, 0) is 9.53 Å². The Labute approximate surface area is 106 Å². The highest BCUT2D eigenvalue weighted by molar-refractivity contribution is 6.12. The lowest BCUT2D eigenvalue weighted by Crippen LogP contribution is -2.41. The van der Waals surface area contributed by atoms with E-state index < -0.39 is 6.23 Å². The molecule has 94 valence electrons. The lowest BCUT2D eigenvalue weighted by atomic mass is 10.2. The molecule has 2 amide bonds. The first kappa shape index (κ1) is 12.5. The zero-order valence-electron chi connectivity index (χ0n) is 10.6. The summed E-state index contributed by atoms with van der Waals surface area (Å²) in [7, 11) is 1.49. The minimum Gasteiger partial charge on any atom is -0.357 e. The van der Waals surface area contributed by atoms with Gasteiger partial charge in [-0.25, -0.2) is 4.90 Å². The van der Waals surface area contributed by atoms with Crippen LogP contribution in [-0.4, -0.2) is 30.1 Å². The molecule has 1 aromatic carbocycles. The van der Waals surface area contributed by atoms with Gasteiger partial charge in [-0.05, 0) is 31.6 Å². The minimum atomic E-state index is -0.592. The Hall–Kier alpha value is -1.94. The Morgan fingerprint density at radius 1 is 1.22 bits per heavy atom. The number of methoxy groups -OCH3 is 1. The molecule has 0 bridgehead atoms. The SMILES string of the molecule is COC1C(C)=C(C)C(=O)N1C(=O)c1ccccc1. The summed E-state index contributed by atoms with van der Waals surface area (Å²) in [5.74, 6) is -0.614. The molecular weight excluding hydrogens is 230 g/mol. The third kappa shape index (κ3) is 1.84. The summed E-state index contributed by atoms with van der Waals surface area (Å²) in [5.41, 5.74) is 1.84. The van der Waals surface area contributed by atoms with Crippen molar-refractivity contribution >= 4 is 11.8 Å². The van der Waals surface area contributed by atoms with E-state index in [4.69, 9.17) is 4.74 Å². The normalized spacial score (nSPS) is 19.6. The summed E-state index contributed by atoms with van der Waals surface area (Å²) in [4.78, 5) is 25.5. The maximum atomic E-state index is 12.3. The molecule has 1 atom stereocenters. The molecule has 1 aliphatic rings. The topological polar surface area (TPSA) is 46.6 Å². The van der Waals surface area contributed by atoms with E-state index in [0.29, 0.717) is 11.1 Å². The van der Waals surface area contributed by atoms with Crippen molar-refractivity contribution in [2.45, 2.75) is 20.1 Å². The fourth-order valence-corrected chi connectivity index (χ4v) is 2.04. The highest BCUT2D eigenvalue weighted by Gasteiger charge is 2.39. The van der Waals surface area contributed by atoms with Gasteiger partial charge < -0.3 is 4.74 Å². The van der Waals surface area contributed by atoms with Gasteiger partial charge in [-0.2, -0.15) is 0 Å². The molecular formula is C14H15NO3. The molecule has 0 saturated heterocycles. The first-order valence-corrected chi connectivity index (χ1v) is 5.71. The van der Waals surface area contributed by atoms with Crippen LogP contribution in [0.5, 0.6) is 0 Å². The molecule has 0 aliphatic carbocycles. The molecule has 0 radical (unpaired) electrons. The second-order valence-corrected chi connectivity index (χ2v) is 4.24. The molecule has 1 aliphatic heterocycles. The van der Waals surface area contributed by atoms with Gasteiger partial charge in [0.05, 0.1) is 0 Å². The molecule has 0 fully saturated rings. The second-order valence-electron chi connectivity index (χ2n) is 4.24. The van der Waals surface area contributed by atoms with Crippen LogP contribution in [0.3, 0.4) is 0 Å². The van der Waals surface area contributed by atoms with E-state index in [-0.39, 0.29) is 11.8 Å². The molecule has 1 heterocycles. The summed E-state index contributed by atoms with van der Waals surface area (Å²) in [6.07, 6.45) is -0.592. The van der Waals surface area contributed by atoms with E-state index in [1.807, 2.05) is 6.07 Å². The van der Waals surface area contributed by atoms with E-state index >= 15 is 0 Å². The predicted molar refractivity (Wildman–Crippen MR) is 66.8 cm³/mol. The molecule has 0 spiro atoms. The maximum absolute atomic E-state index is 12.3. The van der Waals surface area contributed by atoms with Crippen LogP contribution in [0, 0.1) is 0 Å². The Balaban J connectivity index is 2.35. The van der Waals surface area contributed by atoms with Crippen molar-refractivity contribution in [3.8, 4) is 0 Å². The van der Waals surface area contributed by atoms with Crippen LogP contribution in [0.15, 0.2) is 41.5 Å². The number of imide groups is 1. The van der Waals surface area contributed by atoms with Crippen LogP contribution >= 0.6 is 0 Å². The molecule has 4 heteroatoms. The number of amides is 2. The number of ether oxygens (including phenoxy) is 1. The average Bonchev–Trinajstić information content (AvgIpc) is 2.63. The average molecular weight is 245 g/mol. The van der Waals surface area contributed by atoms with Crippen molar-refractivity contribution in [3.63, 3.8) is 0 Å². The second kappa shape index (κ2) is 4.74. The minimum absolute atomic E-state index is 0.284. The van der Waals surface area contributed by atoms with Gasteiger partial charge >= 0.3 is 0 Å². The molecule has 0 N–H and O–H groups in total. The molecule has 0 saturated carbocycles. The Morgan fingerprint density at radius 2 is 1.83 bits per heavy atom. The van der Waals surface area contributed by atoms with Crippen LogP contribution in [0.25, 0.3) is 0 Å². The third-order valence-corrected chi connectivity index (χ3v) is 3.20. The predicted octanol–water partition coefficient (Wildman–Crippen LogP) is 1.98. The van der Waals surface area contributed by atoms with Crippen molar-refractivity contribution in [1.82, 2.24) is 4.90 Å². The van der Waals surface area contributed by atoms with E-state index in [1.165, 1.54) is 12.0 Å². The van der Waals surface area contributed by atoms with E-state index in [0.717, 1.165) is 5.57 Å². The van der Waals surface area contributed by atoms with Crippen LogP contribution in [0.4, 0.5) is 0 Å². The van der Waals surface area contributed by atoms with Gasteiger partial charge in [0.15, 0.2) is 6.23 Å². The van der Waals surface area contributed by atoms with Gasteiger partial charge in [-0.1, -0.05) is 18.2 Å². The van der Waals surface area contributed by atoms with Crippen LogP contribution < -0.4 is 0 Å². The molecule has 0 aromatic heterocycles. The fraction of sp³-hybridized carbons (Fsp3) is 0.286. The number of benzene rings is 1. The summed E-state index contributed by atoms with van der Waals surface area (Å²) >= 11 is 0. The van der Waals surface area contributed by atoms with Crippen molar-refractivity contribution in [1.29, 1.82) is 0 Å². The zero-order valence-corrected chi connectivity index (χ0v) is 10.6. The van der Waals surface area contributed by atoms with Gasteiger partial charge in [0.25, 0.3) is 11.8 Å². The highest BCUT2D eigenvalue weighted by atomic mass is 16.5. The molecule has 1 unspecified atom stereocenters. The van der Waals surface area contributed by atoms with Crippen molar-refractivity contribution in [2.24, 2.45) is 0 Å². The summed E-state index contributed by atoms with van der Waals surface area (Å²) < 4.78 is 5.25. The van der Waals surface area contributed by atoms with Crippen molar-refractivity contribution in [2.75, 3.05) is 7.11 Å². The van der Waals surface area contributed by atoms with E-state index in [9.17, 15) is 9.59 Å². The lowest BCUT2D eigenvalue weighted by molar-refractivity contribution is -0.129. The molecule has 18 heavy (non-hydrogen) atoms. The smallest absolute Gasteiger partial charge is 0.263 e. The maximum Gasteiger partial charge on any atom is 0.263 e. The Morgan fingerprint density at radius 3 is 2.39 bits per heavy atom. The quantitative estimate of drug-likeness (QED) is 0.748. The highest BCUT2D eigenvalue weighted by Crippen LogP contribution is 2.27. The van der Waals surface area contributed by atoms with Gasteiger partial charge in [0.1, 0.15) is 0 Å². The van der Waals surface area contributed by atoms with Gasteiger partial charge in [-0.15, -0.1) is 0 Å². The number of hydrogen-bond acceptors (Lipinski definition) is 3. The summed E-state index contributed by atoms with van der Waals surface area (Å²) in [5, 5.41) is 0. The van der Waals surface area contributed by atoms with Crippen molar-refractivity contribution < 1.29 is 14.3 Å². The number of hydrogen-bond donors (Lipinski definition) is 0. The number of rotatable bonds is 2. The standard InChI is InChI=1S/C14H15NO3/c1-9-10(2)14(18-3)15(12(9)16)13(17)11-7-5-4-6-8-11/h4-8,14H,1-3H3. The largest absolute Gasteiger partial charge is 0.357 e. The first-order valence-electron chi connectivity index (χ1n) is 5.71. The molecule has 1 aromatic rings. The van der Waals surface area contributed by atoms with Gasteiger partial charge in [-0.3, -0.25) is 9.59 Å². The molecule has 2 rings (SSSR count). The zero-order chi connectivity index (χ0) is 13.3. The lowest BCUT2D eigenvalue weighted by Gasteiger charge is -2.23. The fourth-order valence-electron chi connectivity index (χ4n) is 2.04. The number of carbonyl (C=O) groups excluding carboxylic acids is 2. The number of nitrogens with zero attached hydrogens (tertiary/aromatic N) is 1. The van der Waals surface area contributed by atoms with Gasteiger partial charge in [0, 0.05) is 18.2 Å². The van der Waals surface area contributed by atoms with Crippen LogP contribution in [0.2, 0.25) is 0 Å². The summed E-state index contributed by atoms with van der Waals surface area (Å²) in [6.45, 7) is 3.52. The van der Waals surface area contributed by atoms with Crippen molar-refractivity contribution in [3.05, 3.63) is 47.0 Å². The Kier molecular flexibility index (Phi) is 3.30. The Bertz CT molecular complexity index is 519. The van der Waals surface area contributed by atoms with E-state index in [2.05, 4.69) is 0 Å². The summed E-state index contributed by atoms with van der Waals surface area (Å²) in [6, 6.07) is 8.73. The van der Waals surface area contributed by atoms with E-state index in [1.54, 1.807) is 38.1 Å². The van der Waals surface area contributed by atoms with Gasteiger partial charge in [0.2, 0.25) is 0 Å². The monoisotopic (exact) mass is 245 g/mol. The third-order valence-electron chi connectivity index (χ3n) is 3.20. The number of carbonyl (C=O) groups is 2. The molecule has 4 nitrogen and oxygen atoms in total.